The third kappa shape index (κ3) is 4.60. The van der Waals surface area contributed by atoms with Crippen molar-refractivity contribution >= 4 is 23.2 Å². The van der Waals surface area contributed by atoms with E-state index in [0.29, 0.717) is 21.7 Å². The Kier molecular flexibility index (Phi) is 5.85. The number of halogens is 2. The molecule has 3 nitrogen and oxygen atoms in total. The number of ether oxygens (including phenoxy) is 1. The number of nitrogens with zero attached hydrogens (tertiary/aromatic N) is 1. The first-order valence-electron chi connectivity index (χ1n) is 6.92. The molecular formula is C16H18Cl2N2O. The highest BCUT2D eigenvalue weighted by Gasteiger charge is 2.13. The van der Waals surface area contributed by atoms with Crippen molar-refractivity contribution in [1.29, 1.82) is 0 Å². The number of hydrogen-bond acceptors (Lipinski definition) is 3. The van der Waals surface area contributed by atoms with Crippen LogP contribution in [0.3, 0.4) is 0 Å². The van der Waals surface area contributed by atoms with Gasteiger partial charge in [-0.3, -0.25) is 0 Å². The van der Waals surface area contributed by atoms with Gasteiger partial charge >= 0.3 is 0 Å². The van der Waals surface area contributed by atoms with Crippen LogP contribution in [0.15, 0.2) is 36.5 Å². The number of aromatic nitrogens is 1. The summed E-state index contributed by atoms with van der Waals surface area (Å²) in [7, 11) is 0. The largest absolute Gasteiger partial charge is 0.439 e. The van der Waals surface area contributed by atoms with E-state index in [1.165, 1.54) is 0 Å². The molecule has 2 aromatic rings. The molecular weight excluding hydrogens is 307 g/mol. The van der Waals surface area contributed by atoms with Crippen molar-refractivity contribution in [3.05, 3.63) is 52.1 Å². The molecule has 0 saturated heterocycles. The Balaban J connectivity index is 2.23. The standard InChI is InChI=1S/C16H18Cl2N2O/c1-3-6-19-11(2)15-5-4-7-20-16(15)21-14-9-12(17)8-13(18)10-14/h4-5,7-11,19H,3,6H2,1-2H3. The Labute approximate surface area is 135 Å². The minimum atomic E-state index is 0.156. The van der Waals surface area contributed by atoms with Gasteiger partial charge in [0.1, 0.15) is 5.75 Å². The van der Waals surface area contributed by atoms with Crippen molar-refractivity contribution in [2.24, 2.45) is 0 Å². The first-order valence-corrected chi connectivity index (χ1v) is 7.68. The molecule has 112 valence electrons. The molecule has 1 N–H and O–H groups in total. The molecule has 0 aliphatic heterocycles. The summed E-state index contributed by atoms with van der Waals surface area (Å²) in [5.41, 5.74) is 1.00. The predicted molar refractivity (Wildman–Crippen MR) is 87.5 cm³/mol. The van der Waals surface area contributed by atoms with E-state index in [2.05, 4.69) is 24.1 Å². The van der Waals surface area contributed by atoms with Gasteiger partial charge < -0.3 is 10.1 Å². The third-order valence-corrected chi connectivity index (χ3v) is 3.45. The highest BCUT2D eigenvalue weighted by molar-refractivity contribution is 6.34. The lowest BCUT2D eigenvalue weighted by molar-refractivity contribution is 0.442. The average Bonchev–Trinajstić information content (AvgIpc) is 2.44. The zero-order chi connectivity index (χ0) is 15.2. The van der Waals surface area contributed by atoms with Crippen molar-refractivity contribution in [3.8, 4) is 11.6 Å². The van der Waals surface area contributed by atoms with Crippen molar-refractivity contribution < 1.29 is 4.74 Å². The molecule has 0 saturated carbocycles. The molecule has 0 aliphatic carbocycles. The summed E-state index contributed by atoms with van der Waals surface area (Å²) in [5, 5.41) is 4.49. The van der Waals surface area contributed by atoms with Crippen LogP contribution in [-0.2, 0) is 0 Å². The molecule has 2 rings (SSSR count). The van der Waals surface area contributed by atoms with Crippen LogP contribution >= 0.6 is 23.2 Å². The molecule has 1 aromatic heterocycles. The predicted octanol–water partition coefficient (Wildman–Crippen LogP) is 5.24. The fourth-order valence-corrected chi connectivity index (χ4v) is 2.49. The second-order valence-corrected chi connectivity index (χ2v) is 5.65. The molecule has 0 fully saturated rings. The van der Waals surface area contributed by atoms with Gasteiger partial charge in [0.25, 0.3) is 0 Å². The molecule has 1 unspecified atom stereocenters. The van der Waals surface area contributed by atoms with Gasteiger partial charge in [-0.05, 0) is 44.2 Å². The van der Waals surface area contributed by atoms with E-state index in [1.807, 2.05) is 12.1 Å². The third-order valence-electron chi connectivity index (χ3n) is 3.02. The van der Waals surface area contributed by atoms with Gasteiger partial charge in [0, 0.05) is 27.8 Å². The Hall–Kier alpha value is -1.29. The molecule has 1 atom stereocenters. The molecule has 0 radical (unpaired) electrons. The van der Waals surface area contributed by atoms with Crippen LogP contribution in [-0.4, -0.2) is 11.5 Å². The molecule has 1 aromatic carbocycles. The van der Waals surface area contributed by atoms with E-state index < -0.39 is 0 Å². The maximum Gasteiger partial charge on any atom is 0.223 e. The lowest BCUT2D eigenvalue weighted by Crippen LogP contribution is -2.20. The van der Waals surface area contributed by atoms with Crippen LogP contribution < -0.4 is 10.1 Å². The average molecular weight is 325 g/mol. The van der Waals surface area contributed by atoms with Crippen LogP contribution in [0.2, 0.25) is 10.0 Å². The number of nitrogens with one attached hydrogen (secondary N) is 1. The molecule has 1 heterocycles. The van der Waals surface area contributed by atoms with E-state index >= 15 is 0 Å². The van der Waals surface area contributed by atoms with Crippen molar-refractivity contribution in [3.63, 3.8) is 0 Å². The summed E-state index contributed by atoms with van der Waals surface area (Å²) in [5.74, 6) is 1.14. The number of rotatable bonds is 6. The minimum Gasteiger partial charge on any atom is -0.439 e. The summed E-state index contributed by atoms with van der Waals surface area (Å²) in [6, 6.07) is 9.16. The first kappa shape index (κ1) is 16.1. The molecule has 5 heteroatoms. The number of pyridine rings is 1. The van der Waals surface area contributed by atoms with E-state index in [9.17, 15) is 0 Å². The molecule has 0 aliphatic rings. The monoisotopic (exact) mass is 324 g/mol. The van der Waals surface area contributed by atoms with Crippen LogP contribution in [0, 0.1) is 0 Å². The Morgan fingerprint density at radius 1 is 1.24 bits per heavy atom. The summed E-state index contributed by atoms with van der Waals surface area (Å²) in [4.78, 5) is 4.31. The second kappa shape index (κ2) is 7.64. The second-order valence-electron chi connectivity index (χ2n) is 4.78. The molecule has 0 spiro atoms. The van der Waals surface area contributed by atoms with Crippen molar-refractivity contribution in [1.82, 2.24) is 10.3 Å². The summed E-state index contributed by atoms with van der Waals surface area (Å²) in [6.07, 6.45) is 2.78. The zero-order valence-electron chi connectivity index (χ0n) is 12.1. The highest BCUT2D eigenvalue weighted by atomic mass is 35.5. The first-order chi connectivity index (χ1) is 10.1. The smallest absolute Gasteiger partial charge is 0.223 e. The Morgan fingerprint density at radius 2 is 1.95 bits per heavy atom. The fraction of sp³-hybridized carbons (Fsp3) is 0.312. The summed E-state index contributed by atoms with van der Waals surface area (Å²) < 4.78 is 5.85. The van der Waals surface area contributed by atoms with Crippen LogP contribution in [0.4, 0.5) is 0 Å². The van der Waals surface area contributed by atoms with Crippen LogP contribution in [0.5, 0.6) is 11.6 Å². The van der Waals surface area contributed by atoms with E-state index in [4.69, 9.17) is 27.9 Å². The highest BCUT2D eigenvalue weighted by Crippen LogP contribution is 2.31. The van der Waals surface area contributed by atoms with E-state index in [1.54, 1.807) is 24.4 Å². The molecule has 0 bridgehead atoms. The van der Waals surface area contributed by atoms with Gasteiger partial charge in [-0.1, -0.05) is 36.2 Å². The van der Waals surface area contributed by atoms with Gasteiger partial charge in [-0.15, -0.1) is 0 Å². The summed E-state index contributed by atoms with van der Waals surface area (Å²) in [6.45, 7) is 5.16. The lowest BCUT2D eigenvalue weighted by Gasteiger charge is -2.17. The van der Waals surface area contributed by atoms with Gasteiger partial charge in [0.15, 0.2) is 0 Å². The van der Waals surface area contributed by atoms with E-state index in [-0.39, 0.29) is 6.04 Å². The normalized spacial score (nSPS) is 12.2. The molecule has 21 heavy (non-hydrogen) atoms. The summed E-state index contributed by atoms with van der Waals surface area (Å²) >= 11 is 12.0. The van der Waals surface area contributed by atoms with Crippen LogP contribution in [0.25, 0.3) is 0 Å². The Bertz CT molecular complexity index is 584. The van der Waals surface area contributed by atoms with Crippen molar-refractivity contribution in [2.45, 2.75) is 26.3 Å². The minimum absolute atomic E-state index is 0.156. The number of benzene rings is 1. The lowest BCUT2D eigenvalue weighted by atomic mass is 10.1. The van der Waals surface area contributed by atoms with Gasteiger partial charge in [0.2, 0.25) is 5.88 Å². The quantitative estimate of drug-likeness (QED) is 0.788. The maximum absolute atomic E-state index is 5.99. The van der Waals surface area contributed by atoms with Crippen molar-refractivity contribution in [2.75, 3.05) is 6.54 Å². The maximum atomic E-state index is 5.99. The Morgan fingerprint density at radius 3 is 2.62 bits per heavy atom. The van der Waals surface area contributed by atoms with Gasteiger partial charge in [-0.25, -0.2) is 4.98 Å². The van der Waals surface area contributed by atoms with Crippen LogP contribution in [0.1, 0.15) is 31.9 Å². The fourth-order valence-electron chi connectivity index (χ4n) is 1.99. The zero-order valence-corrected chi connectivity index (χ0v) is 13.6. The van der Waals surface area contributed by atoms with E-state index in [0.717, 1.165) is 18.5 Å². The number of hydrogen-bond donors (Lipinski definition) is 1. The SMILES string of the molecule is CCCNC(C)c1cccnc1Oc1cc(Cl)cc(Cl)c1. The van der Waals surface area contributed by atoms with Gasteiger partial charge in [-0.2, -0.15) is 0 Å². The molecule has 0 amide bonds. The van der Waals surface area contributed by atoms with Gasteiger partial charge in [0.05, 0.1) is 0 Å². The topological polar surface area (TPSA) is 34.2 Å².